The van der Waals surface area contributed by atoms with Gasteiger partial charge in [-0.25, -0.2) is 5.01 Å². The number of nitrogens with zero attached hydrogens (tertiary/aromatic N) is 3. The maximum absolute atomic E-state index is 12.7. The van der Waals surface area contributed by atoms with Crippen LogP contribution in [0.25, 0.3) is 0 Å². The molecule has 1 aliphatic rings. The Morgan fingerprint density at radius 1 is 1.24 bits per heavy atom. The lowest BCUT2D eigenvalue weighted by atomic mass is 10.2. The predicted molar refractivity (Wildman–Crippen MR) is 112 cm³/mol. The van der Waals surface area contributed by atoms with Gasteiger partial charge in [0.2, 0.25) is 5.91 Å². The van der Waals surface area contributed by atoms with Crippen molar-refractivity contribution in [3.8, 4) is 0 Å². The van der Waals surface area contributed by atoms with Crippen LogP contribution in [0.15, 0.2) is 48.8 Å². The first-order valence-corrected chi connectivity index (χ1v) is 9.60. The molecule has 1 atom stereocenters. The van der Waals surface area contributed by atoms with E-state index >= 15 is 0 Å². The number of carbonyl (C=O) groups is 3. The number of thiocarbonyl (C=S) groups is 1. The number of hydrogen-bond donors (Lipinski definition) is 2. The number of benzene rings is 1. The first-order chi connectivity index (χ1) is 13.9. The van der Waals surface area contributed by atoms with E-state index in [-0.39, 0.29) is 17.4 Å². The van der Waals surface area contributed by atoms with Crippen LogP contribution in [0.1, 0.15) is 23.7 Å². The van der Waals surface area contributed by atoms with Crippen molar-refractivity contribution in [1.29, 1.82) is 0 Å². The molecule has 3 rings (SSSR count). The van der Waals surface area contributed by atoms with E-state index in [4.69, 9.17) is 23.8 Å². The molecule has 0 spiro atoms. The van der Waals surface area contributed by atoms with Gasteiger partial charge in [-0.1, -0.05) is 11.6 Å². The molecule has 2 heterocycles. The second-order valence-corrected chi connectivity index (χ2v) is 6.99. The first-order valence-electron chi connectivity index (χ1n) is 8.81. The van der Waals surface area contributed by atoms with Gasteiger partial charge in [0, 0.05) is 29.6 Å². The smallest absolute Gasteiger partial charge is 0.271 e. The van der Waals surface area contributed by atoms with Crippen molar-refractivity contribution < 1.29 is 14.4 Å². The molecule has 150 valence electrons. The fourth-order valence-electron chi connectivity index (χ4n) is 2.84. The van der Waals surface area contributed by atoms with E-state index in [0.29, 0.717) is 22.8 Å². The van der Waals surface area contributed by atoms with Gasteiger partial charge in [-0.15, -0.1) is 0 Å². The van der Waals surface area contributed by atoms with Crippen LogP contribution in [0.3, 0.4) is 0 Å². The average Bonchev–Trinajstić information content (AvgIpc) is 2.93. The van der Waals surface area contributed by atoms with Gasteiger partial charge in [-0.2, -0.15) is 0 Å². The maximum atomic E-state index is 12.7. The molecular formula is C19H18ClN5O3S. The molecule has 0 bridgehead atoms. The number of hydrazine groups is 1. The number of aromatic nitrogens is 1. The molecule has 1 fully saturated rings. The fraction of sp³-hybridized carbons (Fsp3) is 0.211. The van der Waals surface area contributed by atoms with Crippen LogP contribution < -0.4 is 10.7 Å². The van der Waals surface area contributed by atoms with Crippen LogP contribution in [-0.2, 0) is 9.59 Å². The molecule has 3 amide bonds. The fourth-order valence-corrected chi connectivity index (χ4v) is 3.35. The molecule has 1 aliphatic heterocycles. The minimum absolute atomic E-state index is 0.138. The van der Waals surface area contributed by atoms with Crippen LogP contribution in [0.2, 0.25) is 5.02 Å². The van der Waals surface area contributed by atoms with Crippen molar-refractivity contribution in [3.63, 3.8) is 0 Å². The van der Waals surface area contributed by atoms with Crippen molar-refractivity contribution >= 4 is 52.3 Å². The molecule has 29 heavy (non-hydrogen) atoms. The number of nitrogens with one attached hydrogen (secondary N) is 2. The van der Waals surface area contributed by atoms with Crippen LogP contribution in [0, 0.1) is 0 Å². The Balaban J connectivity index is 1.75. The summed E-state index contributed by atoms with van der Waals surface area (Å²) in [6, 6.07) is 8.86. The van der Waals surface area contributed by atoms with Crippen molar-refractivity contribution in [1.82, 2.24) is 20.3 Å². The van der Waals surface area contributed by atoms with Gasteiger partial charge in [-0.3, -0.25) is 29.7 Å². The largest absolute Gasteiger partial charge is 0.326 e. The molecule has 2 aromatic rings. The second-order valence-electron chi connectivity index (χ2n) is 6.19. The normalized spacial score (nSPS) is 16.1. The predicted octanol–water partition coefficient (Wildman–Crippen LogP) is 2.23. The Morgan fingerprint density at radius 3 is 2.59 bits per heavy atom. The molecule has 0 radical (unpaired) electrons. The molecule has 2 N–H and O–H groups in total. The van der Waals surface area contributed by atoms with Gasteiger partial charge < -0.3 is 5.32 Å². The van der Waals surface area contributed by atoms with Crippen molar-refractivity contribution in [2.75, 3.05) is 11.9 Å². The summed E-state index contributed by atoms with van der Waals surface area (Å²) in [5.74, 6) is -1.23. The minimum Gasteiger partial charge on any atom is -0.326 e. The average molecular weight is 432 g/mol. The number of hydrogen-bond acceptors (Lipinski definition) is 5. The van der Waals surface area contributed by atoms with Gasteiger partial charge >= 0.3 is 0 Å². The third kappa shape index (κ3) is 4.69. The summed E-state index contributed by atoms with van der Waals surface area (Å²) < 4.78 is 0. The summed E-state index contributed by atoms with van der Waals surface area (Å²) >= 11 is 11.2. The van der Waals surface area contributed by atoms with Crippen LogP contribution in [0.4, 0.5) is 5.69 Å². The lowest BCUT2D eigenvalue weighted by Crippen LogP contribution is -2.49. The summed E-state index contributed by atoms with van der Waals surface area (Å²) in [7, 11) is 0. The number of anilines is 1. The zero-order chi connectivity index (χ0) is 21.0. The highest BCUT2D eigenvalue weighted by molar-refractivity contribution is 7.80. The Hall–Kier alpha value is -3.04. The highest BCUT2D eigenvalue weighted by Crippen LogP contribution is 2.20. The Bertz CT molecular complexity index is 939. The zero-order valence-electron chi connectivity index (χ0n) is 15.5. The van der Waals surface area contributed by atoms with Crippen molar-refractivity contribution in [3.05, 3.63) is 59.4 Å². The standard InChI is InChI=1S/C19H18ClN5O3S/c1-2-24-18(28)15(10-16(26)22-14-7-5-13(20)6-8-14)25(19(24)29)23-17(27)12-4-3-9-21-11-12/h3-9,11,15H,2,10H2,1H3,(H,22,26)(H,23,27). The van der Waals surface area contributed by atoms with E-state index in [1.165, 1.54) is 16.1 Å². The van der Waals surface area contributed by atoms with E-state index in [2.05, 4.69) is 15.7 Å². The highest BCUT2D eigenvalue weighted by atomic mass is 35.5. The third-order valence-corrected chi connectivity index (χ3v) is 4.94. The number of carbonyl (C=O) groups excluding carboxylic acids is 3. The Morgan fingerprint density at radius 2 is 1.97 bits per heavy atom. The molecule has 8 nitrogen and oxygen atoms in total. The summed E-state index contributed by atoms with van der Waals surface area (Å²) in [6.45, 7) is 2.09. The van der Waals surface area contributed by atoms with Crippen LogP contribution in [0.5, 0.6) is 0 Å². The van der Waals surface area contributed by atoms with Gasteiger partial charge in [-0.05, 0) is 55.5 Å². The van der Waals surface area contributed by atoms with E-state index in [0.717, 1.165) is 0 Å². The summed E-state index contributed by atoms with van der Waals surface area (Å²) in [4.78, 5) is 43.0. The number of likely N-dealkylation sites (N-methyl/N-ethyl adjacent to an activating group) is 1. The van der Waals surface area contributed by atoms with Gasteiger partial charge in [0.25, 0.3) is 11.8 Å². The lowest BCUT2D eigenvalue weighted by molar-refractivity contribution is -0.130. The van der Waals surface area contributed by atoms with Gasteiger partial charge in [0.05, 0.1) is 12.0 Å². The van der Waals surface area contributed by atoms with Crippen LogP contribution in [-0.4, -0.2) is 50.3 Å². The summed E-state index contributed by atoms with van der Waals surface area (Å²) in [6.07, 6.45) is 2.76. The maximum Gasteiger partial charge on any atom is 0.271 e. The molecule has 10 heteroatoms. The molecule has 1 aromatic carbocycles. The van der Waals surface area contributed by atoms with Crippen LogP contribution >= 0.6 is 23.8 Å². The van der Waals surface area contributed by atoms with E-state index in [1.54, 1.807) is 49.5 Å². The monoisotopic (exact) mass is 431 g/mol. The molecule has 1 aromatic heterocycles. The van der Waals surface area contributed by atoms with Crippen molar-refractivity contribution in [2.45, 2.75) is 19.4 Å². The SMILES string of the molecule is CCN1C(=O)C(CC(=O)Nc2ccc(Cl)cc2)N(NC(=O)c2cccnc2)C1=S. The number of rotatable bonds is 6. The Labute approximate surface area is 177 Å². The summed E-state index contributed by atoms with van der Waals surface area (Å²) in [5.41, 5.74) is 3.47. The molecule has 1 saturated heterocycles. The first kappa shape index (κ1) is 20.7. The lowest BCUT2D eigenvalue weighted by Gasteiger charge is -2.24. The Kier molecular flexibility index (Phi) is 6.40. The molecule has 0 aliphatic carbocycles. The number of pyridine rings is 1. The van der Waals surface area contributed by atoms with Gasteiger partial charge in [0.1, 0.15) is 6.04 Å². The summed E-state index contributed by atoms with van der Waals surface area (Å²) in [5, 5.41) is 4.65. The van der Waals surface area contributed by atoms with Gasteiger partial charge in [0.15, 0.2) is 5.11 Å². The second kappa shape index (κ2) is 8.97. The molecular weight excluding hydrogens is 414 g/mol. The number of halogens is 1. The third-order valence-electron chi connectivity index (χ3n) is 4.27. The minimum atomic E-state index is -0.949. The van der Waals surface area contributed by atoms with E-state index in [9.17, 15) is 14.4 Å². The highest BCUT2D eigenvalue weighted by Gasteiger charge is 2.43. The van der Waals surface area contributed by atoms with E-state index in [1.807, 2.05) is 0 Å². The molecule has 1 unspecified atom stereocenters. The molecule has 0 saturated carbocycles. The quantitative estimate of drug-likeness (QED) is 0.681. The van der Waals surface area contributed by atoms with E-state index < -0.39 is 17.9 Å². The van der Waals surface area contributed by atoms with Crippen molar-refractivity contribution in [2.24, 2.45) is 0 Å². The zero-order valence-corrected chi connectivity index (χ0v) is 17.0. The topological polar surface area (TPSA) is 94.6 Å². The number of amides is 3.